The monoisotopic (exact) mass is 594 g/mol. The van der Waals surface area contributed by atoms with Crippen LogP contribution in [0, 0.1) is 0 Å². The largest absolute Gasteiger partial charge is 0.472 e. The van der Waals surface area contributed by atoms with Crippen LogP contribution in [0.3, 0.4) is 0 Å². The number of rotatable bonds is 28. The Morgan fingerprint density at radius 2 is 1.10 bits per heavy atom. The maximum absolute atomic E-state index is 12.0. The Bertz CT molecular complexity index is 700. The minimum absolute atomic E-state index is 0.0742. The van der Waals surface area contributed by atoms with Crippen molar-refractivity contribution in [1.82, 2.24) is 0 Å². The Morgan fingerprint density at radius 1 is 0.675 bits per heavy atom. The molecule has 236 valence electrons. The topological polar surface area (TPSA) is 149 Å². The van der Waals surface area contributed by atoms with Gasteiger partial charge in [-0.25, -0.2) is 4.57 Å². The molecular formula is C29H55O10P. The molecule has 10 nitrogen and oxygen atoms in total. The van der Waals surface area contributed by atoms with Gasteiger partial charge in [-0.05, 0) is 32.1 Å². The molecule has 0 aliphatic heterocycles. The first-order valence-corrected chi connectivity index (χ1v) is 16.6. The molecule has 0 saturated heterocycles. The lowest BCUT2D eigenvalue weighted by Gasteiger charge is -2.20. The van der Waals surface area contributed by atoms with Gasteiger partial charge in [0.1, 0.15) is 12.2 Å². The molecule has 0 radical (unpaired) electrons. The SMILES string of the molecule is CCCCCCCC/C=C\CCCCCCCCCC(=O)OC(CO)COP(=O)(O)OCC(CO)OC(=O)CC. The Morgan fingerprint density at radius 3 is 1.55 bits per heavy atom. The summed E-state index contributed by atoms with van der Waals surface area (Å²) in [5.41, 5.74) is 0. The van der Waals surface area contributed by atoms with Gasteiger partial charge >= 0.3 is 19.8 Å². The highest BCUT2D eigenvalue weighted by Gasteiger charge is 2.27. The minimum Gasteiger partial charge on any atom is -0.457 e. The van der Waals surface area contributed by atoms with Crippen LogP contribution in [0.25, 0.3) is 0 Å². The molecular weight excluding hydrogens is 539 g/mol. The summed E-state index contributed by atoms with van der Waals surface area (Å²) in [6, 6.07) is 0. The number of ether oxygens (including phenoxy) is 2. The molecule has 0 aromatic heterocycles. The number of carbonyl (C=O) groups excluding carboxylic acids is 2. The molecule has 0 spiro atoms. The van der Waals surface area contributed by atoms with E-state index in [-0.39, 0.29) is 12.8 Å². The summed E-state index contributed by atoms with van der Waals surface area (Å²) in [5.74, 6) is -1.11. The van der Waals surface area contributed by atoms with Gasteiger partial charge in [0.05, 0.1) is 26.4 Å². The lowest BCUT2D eigenvalue weighted by molar-refractivity contribution is -0.153. The summed E-state index contributed by atoms with van der Waals surface area (Å²) >= 11 is 0. The van der Waals surface area contributed by atoms with Crippen molar-refractivity contribution in [3.8, 4) is 0 Å². The fraction of sp³-hybridized carbons (Fsp3) is 0.862. The number of hydrogen-bond acceptors (Lipinski definition) is 9. The third-order valence-electron chi connectivity index (χ3n) is 6.28. The number of aliphatic hydroxyl groups is 2. The normalized spacial score (nSPS) is 14.6. The summed E-state index contributed by atoms with van der Waals surface area (Å²) in [4.78, 5) is 33.1. The van der Waals surface area contributed by atoms with Crippen molar-refractivity contribution in [2.75, 3.05) is 26.4 Å². The predicted octanol–water partition coefficient (Wildman–Crippen LogP) is 6.16. The molecule has 0 amide bonds. The minimum atomic E-state index is -4.59. The van der Waals surface area contributed by atoms with E-state index in [0.29, 0.717) is 6.42 Å². The maximum atomic E-state index is 12.0. The summed E-state index contributed by atoms with van der Waals surface area (Å²) in [6.45, 7) is 1.51. The lowest BCUT2D eigenvalue weighted by Crippen LogP contribution is -2.28. The van der Waals surface area contributed by atoms with Crippen LogP contribution in [0.5, 0.6) is 0 Å². The second kappa shape index (κ2) is 26.6. The molecule has 0 saturated carbocycles. The van der Waals surface area contributed by atoms with Crippen LogP contribution in [-0.2, 0) is 32.7 Å². The van der Waals surface area contributed by atoms with Gasteiger partial charge in [-0.1, -0.05) is 90.2 Å². The van der Waals surface area contributed by atoms with Crippen molar-refractivity contribution >= 4 is 19.8 Å². The van der Waals surface area contributed by atoms with E-state index in [1.54, 1.807) is 6.92 Å². The molecule has 0 rings (SSSR count). The summed E-state index contributed by atoms with van der Waals surface area (Å²) in [5, 5.41) is 18.6. The Balaban J connectivity index is 3.83. The van der Waals surface area contributed by atoms with Gasteiger partial charge < -0.3 is 24.6 Å². The highest BCUT2D eigenvalue weighted by Crippen LogP contribution is 2.43. The average Bonchev–Trinajstić information content (AvgIpc) is 2.94. The molecule has 3 N–H and O–H groups in total. The summed E-state index contributed by atoms with van der Waals surface area (Å²) in [7, 11) is -4.59. The van der Waals surface area contributed by atoms with Crippen molar-refractivity contribution in [2.45, 2.75) is 135 Å². The van der Waals surface area contributed by atoms with Crippen molar-refractivity contribution in [3.63, 3.8) is 0 Å². The standard InChI is InChI=1S/C29H55O10P/c1-3-5-6-7-8-9-10-11-12-13-14-15-16-17-18-19-20-21-29(33)39-27(23-31)25-37-40(34,35)36-24-26(22-30)38-28(32)4-2/h11-12,26-27,30-31H,3-10,13-25H2,1-2H3,(H,34,35)/b12-11-. The summed E-state index contributed by atoms with van der Waals surface area (Å²) in [6.07, 6.45) is 20.4. The number of hydrogen-bond donors (Lipinski definition) is 3. The van der Waals surface area contributed by atoms with Gasteiger partial charge in [0.25, 0.3) is 0 Å². The van der Waals surface area contributed by atoms with Gasteiger partial charge in [-0.15, -0.1) is 0 Å². The van der Waals surface area contributed by atoms with E-state index in [2.05, 4.69) is 19.1 Å². The van der Waals surface area contributed by atoms with Crippen LogP contribution in [0.2, 0.25) is 0 Å². The highest BCUT2D eigenvalue weighted by atomic mass is 31.2. The molecule has 0 aliphatic rings. The average molecular weight is 595 g/mol. The fourth-order valence-electron chi connectivity index (χ4n) is 3.85. The number of carbonyl (C=O) groups is 2. The zero-order chi connectivity index (χ0) is 29.9. The van der Waals surface area contributed by atoms with Crippen LogP contribution in [0.4, 0.5) is 0 Å². The first kappa shape index (κ1) is 38.7. The zero-order valence-electron chi connectivity index (χ0n) is 24.8. The molecule has 3 unspecified atom stereocenters. The zero-order valence-corrected chi connectivity index (χ0v) is 25.7. The van der Waals surface area contributed by atoms with Crippen LogP contribution < -0.4 is 0 Å². The molecule has 0 bridgehead atoms. The van der Waals surface area contributed by atoms with Gasteiger partial charge in [0.2, 0.25) is 0 Å². The number of unbranched alkanes of at least 4 members (excludes halogenated alkanes) is 13. The molecule has 0 aliphatic carbocycles. The van der Waals surface area contributed by atoms with Crippen molar-refractivity contribution in [3.05, 3.63) is 12.2 Å². The van der Waals surface area contributed by atoms with Crippen LogP contribution in [-0.4, -0.2) is 65.7 Å². The maximum Gasteiger partial charge on any atom is 0.472 e. The lowest BCUT2D eigenvalue weighted by atomic mass is 10.1. The van der Waals surface area contributed by atoms with Gasteiger partial charge in [-0.3, -0.25) is 18.6 Å². The molecule has 0 aromatic carbocycles. The van der Waals surface area contributed by atoms with E-state index in [9.17, 15) is 29.3 Å². The molecule has 3 atom stereocenters. The number of esters is 2. The van der Waals surface area contributed by atoms with Crippen molar-refractivity contribution < 1.29 is 47.8 Å². The number of aliphatic hydroxyl groups excluding tert-OH is 2. The van der Waals surface area contributed by atoms with Crippen LogP contribution in [0.1, 0.15) is 123 Å². The first-order chi connectivity index (χ1) is 19.3. The van der Waals surface area contributed by atoms with Crippen LogP contribution >= 0.6 is 7.82 Å². The first-order valence-electron chi connectivity index (χ1n) is 15.1. The number of phosphoric acid groups is 1. The predicted molar refractivity (Wildman–Crippen MR) is 155 cm³/mol. The number of phosphoric ester groups is 1. The second-order valence-corrected chi connectivity index (χ2v) is 11.5. The highest BCUT2D eigenvalue weighted by molar-refractivity contribution is 7.47. The van der Waals surface area contributed by atoms with E-state index < -0.39 is 58.4 Å². The third-order valence-corrected chi connectivity index (χ3v) is 7.23. The molecule has 11 heteroatoms. The number of allylic oxidation sites excluding steroid dienone is 2. The van der Waals surface area contributed by atoms with E-state index in [0.717, 1.165) is 25.7 Å². The third kappa shape index (κ3) is 24.5. The second-order valence-electron chi connectivity index (χ2n) is 10.0. The Labute approximate surface area is 241 Å². The summed E-state index contributed by atoms with van der Waals surface area (Å²) < 4.78 is 31.5. The van der Waals surface area contributed by atoms with Crippen LogP contribution in [0.15, 0.2) is 12.2 Å². The van der Waals surface area contributed by atoms with Crippen molar-refractivity contribution in [1.29, 1.82) is 0 Å². The van der Waals surface area contributed by atoms with E-state index in [4.69, 9.17) is 18.5 Å². The molecule has 40 heavy (non-hydrogen) atoms. The molecule has 0 heterocycles. The smallest absolute Gasteiger partial charge is 0.457 e. The molecule has 0 aromatic rings. The van der Waals surface area contributed by atoms with E-state index in [1.807, 2.05) is 0 Å². The van der Waals surface area contributed by atoms with Gasteiger partial charge in [0.15, 0.2) is 0 Å². The van der Waals surface area contributed by atoms with E-state index >= 15 is 0 Å². The van der Waals surface area contributed by atoms with E-state index in [1.165, 1.54) is 64.2 Å². The van der Waals surface area contributed by atoms with Gasteiger partial charge in [-0.2, -0.15) is 0 Å². The Hall–Kier alpha value is -1.29. The van der Waals surface area contributed by atoms with Crippen molar-refractivity contribution in [2.24, 2.45) is 0 Å². The Kier molecular flexibility index (Phi) is 25.7. The fourth-order valence-corrected chi connectivity index (χ4v) is 4.63. The molecule has 0 fully saturated rings. The van der Waals surface area contributed by atoms with Gasteiger partial charge in [0, 0.05) is 12.8 Å². The quantitative estimate of drug-likeness (QED) is 0.0416.